The third-order valence-electron chi connectivity index (χ3n) is 2.42. The van der Waals surface area contributed by atoms with Crippen molar-refractivity contribution in [2.24, 2.45) is 10.9 Å². The summed E-state index contributed by atoms with van der Waals surface area (Å²) in [5.41, 5.74) is 2.93. The van der Waals surface area contributed by atoms with E-state index >= 15 is 0 Å². The van der Waals surface area contributed by atoms with Gasteiger partial charge in [-0.1, -0.05) is 22.0 Å². The Balaban J connectivity index is 2.52. The number of nitrogens with zero attached hydrogens (tertiary/aromatic N) is 1. The summed E-state index contributed by atoms with van der Waals surface area (Å²) in [4.78, 5) is 0. The van der Waals surface area contributed by atoms with Gasteiger partial charge in [0.2, 0.25) is 0 Å². The maximum Gasteiger partial charge on any atom is 0.0701 e. The molecule has 1 atom stereocenters. The minimum atomic E-state index is -0.356. The Morgan fingerprint density at radius 1 is 1.43 bits per heavy atom. The molecular formula is C10H11BrN2O. The first kappa shape index (κ1) is 9.68. The molecule has 1 aliphatic carbocycles. The maximum atomic E-state index is 9.58. The lowest BCUT2D eigenvalue weighted by Crippen LogP contribution is -2.25. The molecule has 2 rings (SSSR count). The van der Waals surface area contributed by atoms with Crippen LogP contribution >= 0.6 is 15.9 Å². The minimum absolute atomic E-state index is 0.356. The predicted octanol–water partition coefficient (Wildman–Crippen LogP) is 1.42. The van der Waals surface area contributed by atoms with Crippen LogP contribution in [0, 0.1) is 0 Å². The van der Waals surface area contributed by atoms with Crippen LogP contribution in [-0.4, -0.2) is 16.9 Å². The number of aliphatic hydroxyl groups is 1. The molecule has 1 aromatic carbocycles. The molecule has 3 nitrogen and oxygen atoms in total. The summed E-state index contributed by atoms with van der Waals surface area (Å²) in [6, 6.07) is 5.95. The molecule has 0 saturated heterocycles. The number of halogens is 1. The molecule has 1 aliphatic rings. The molecule has 0 radical (unpaired) electrons. The molecule has 0 spiro atoms. The molecule has 1 unspecified atom stereocenters. The summed E-state index contributed by atoms with van der Waals surface area (Å²) >= 11 is 3.40. The smallest absolute Gasteiger partial charge is 0.0701 e. The second-order valence-electron chi connectivity index (χ2n) is 3.44. The number of fused-ring (bicyclic) bond motifs is 1. The zero-order valence-electron chi connectivity index (χ0n) is 7.57. The molecule has 74 valence electrons. The molecule has 14 heavy (non-hydrogen) atoms. The topological polar surface area (TPSA) is 58.6 Å². The van der Waals surface area contributed by atoms with Gasteiger partial charge in [-0.3, -0.25) is 0 Å². The Kier molecular flexibility index (Phi) is 2.56. The first-order valence-electron chi connectivity index (χ1n) is 4.44. The van der Waals surface area contributed by atoms with E-state index in [1.807, 2.05) is 18.2 Å². The van der Waals surface area contributed by atoms with E-state index in [4.69, 9.17) is 5.84 Å². The fraction of sp³-hybridized carbons (Fsp3) is 0.300. The van der Waals surface area contributed by atoms with Crippen molar-refractivity contribution in [3.63, 3.8) is 0 Å². The Morgan fingerprint density at radius 2 is 2.21 bits per heavy atom. The predicted molar refractivity (Wildman–Crippen MR) is 59.2 cm³/mol. The molecule has 3 N–H and O–H groups in total. The van der Waals surface area contributed by atoms with Crippen LogP contribution in [0.25, 0.3) is 0 Å². The van der Waals surface area contributed by atoms with Gasteiger partial charge in [0.25, 0.3) is 0 Å². The van der Waals surface area contributed by atoms with Crippen molar-refractivity contribution in [1.29, 1.82) is 0 Å². The van der Waals surface area contributed by atoms with Crippen LogP contribution < -0.4 is 5.84 Å². The van der Waals surface area contributed by atoms with Gasteiger partial charge in [0, 0.05) is 16.5 Å². The highest BCUT2D eigenvalue weighted by Gasteiger charge is 2.21. The fourth-order valence-electron chi connectivity index (χ4n) is 1.78. The highest BCUT2D eigenvalue weighted by Crippen LogP contribution is 2.25. The van der Waals surface area contributed by atoms with Crippen LogP contribution in [0.3, 0.4) is 0 Å². The Hall–Kier alpha value is -0.870. The molecule has 0 aromatic heterocycles. The van der Waals surface area contributed by atoms with Gasteiger partial charge in [-0.15, -0.1) is 0 Å². The number of nitrogens with two attached hydrogens (primary N) is 1. The summed E-state index contributed by atoms with van der Waals surface area (Å²) in [7, 11) is 0. The van der Waals surface area contributed by atoms with E-state index in [0.717, 1.165) is 21.3 Å². The lowest BCUT2D eigenvalue weighted by Gasteiger charge is -2.21. The van der Waals surface area contributed by atoms with Crippen molar-refractivity contribution in [3.8, 4) is 0 Å². The lowest BCUT2D eigenvalue weighted by atomic mass is 9.88. The largest absolute Gasteiger partial charge is 0.392 e. The molecular weight excluding hydrogens is 244 g/mol. The van der Waals surface area contributed by atoms with Crippen molar-refractivity contribution in [3.05, 3.63) is 33.8 Å². The van der Waals surface area contributed by atoms with E-state index < -0.39 is 0 Å². The van der Waals surface area contributed by atoms with Gasteiger partial charge in [0.1, 0.15) is 0 Å². The average Bonchev–Trinajstić information content (AvgIpc) is 2.17. The van der Waals surface area contributed by atoms with E-state index in [0.29, 0.717) is 12.8 Å². The normalized spacial score (nSPS) is 23.6. The minimum Gasteiger partial charge on any atom is -0.392 e. The van der Waals surface area contributed by atoms with Crippen molar-refractivity contribution < 1.29 is 5.11 Å². The van der Waals surface area contributed by atoms with Crippen molar-refractivity contribution in [2.75, 3.05) is 0 Å². The molecule has 0 fully saturated rings. The maximum absolute atomic E-state index is 9.58. The van der Waals surface area contributed by atoms with E-state index in [2.05, 4.69) is 21.0 Å². The summed E-state index contributed by atoms with van der Waals surface area (Å²) < 4.78 is 1.01. The summed E-state index contributed by atoms with van der Waals surface area (Å²) in [6.07, 6.45) is 0.868. The number of benzene rings is 1. The summed E-state index contributed by atoms with van der Waals surface area (Å²) in [5, 5.41) is 13.3. The standard InChI is InChI=1S/C10H11BrN2O/c11-7-2-1-6-3-8(14)5-10(13-12)9(6)4-7/h1-2,4,8,14H,3,5,12H2. The molecule has 4 heteroatoms. The first-order chi connectivity index (χ1) is 6.70. The average molecular weight is 255 g/mol. The van der Waals surface area contributed by atoms with Crippen molar-refractivity contribution in [2.45, 2.75) is 18.9 Å². The van der Waals surface area contributed by atoms with Gasteiger partial charge in [0.15, 0.2) is 0 Å². The van der Waals surface area contributed by atoms with Gasteiger partial charge in [-0.25, -0.2) is 0 Å². The second kappa shape index (κ2) is 3.71. The monoisotopic (exact) mass is 254 g/mol. The zero-order chi connectivity index (χ0) is 10.1. The molecule has 0 saturated carbocycles. The second-order valence-corrected chi connectivity index (χ2v) is 4.36. The Labute approximate surface area is 90.8 Å². The third-order valence-corrected chi connectivity index (χ3v) is 2.92. The van der Waals surface area contributed by atoms with E-state index in [9.17, 15) is 5.11 Å². The van der Waals surface area contributed by atoms with Crippen molar-refractivity contribution >= 4 is 21.6 Å². The molecule has 1 aromatic rings. The van der Waals surface area contributed by atoms with Crippen LogP contribution in [0.5, 0.6) is 0 Å². The van der Waals surface area contributed by atoms with Gasteiger partial charge < -0.3 is 10.9 Å². The molecule has 0 amide bonds. The molecule has 0 bridgehead atoms. The van der Waals surface area contributed by atoms with Crippen LogP contribution in [-0.2, 0) is 6.42 Å². The van der Waals surface area contributed by atoms with Gasteiger partial charge in [0.05, 0.1) is 11.8 Å². The van der Waals surface area contributed by atoms with Crippen LogP contribution in [0.2, 0.25) is 0 Å². The summed E-state index contributed by atoms with van der Waals surface area (Å²) in [5.74, 6) is 5.29. The molecule has 0 heterocycles. The van der Waals surface area contributed by atoms with Gasteiger partial charge in [-0.2, -0.15) is 5.10 Å². The quantitative estimate of drug-likeness (QED) is 0.544. The number of hydrazone groups is 1. The third kappa shape index (κ3) is 1.67. The van der Waals surface area contributed by atoms with Crippen molar-refractivity contribution in [1.82, 2.24) is 0 Å². The number of aliphatic hydroxyl groups excluding tert-OH is 1. The number of rotatable bonds is 0. The lowest BCUT2D eigenvalue weighted by molar-refractivity contribution is 0.180. The number of hydrogen-bond acceptors (Lipinski definition) is 3. The first-order valence-corrected chi connectivity index (χ1v) is 5.23. The van der Waals surface area contributed by atoms with Crippen LogP contribution in [0.1, 0.15) is 17.5 Å². The Bertz CT molecular complexity index is 390. The van der Waals surface area contributed by atoms with Crippen LogP contribution in [0.4, 0.5) is 0 Å². The number of hydrogen-bond donors (Lipinski definition) is 2. The summed E-state index contributed by atoms with van der Waals surface area (Å²) in [6.45, 7) is 0. The SMILES string of the molecule is NN=C1CC(O)Cc2ccc(Br)cc21. The zero-order valence-corrected chi connectivity index (χ0v) is 9.16. The fourth-order valence-corrected chi connectivity index (χ4v) is 2.14. The van der Waals surface area contributed by atoms with E-state index in [1.165, 1.54) is 0 Å². The Morgan fingerprint density at radius 3 is 2.93 bits per heavy atom. The van der Waals surface area contributed by atoms with Gasteiger partial charge >= 0.3 is 0 Å². The van der Waals surface area contributed by atoms with E-state index in [1.54, 1.807) is 0 Å². The highest BCUT2D eigenvalue weighted by molar-refractivity contribution is 9.10. The molecule has 0 aliphatic heterocycles. The van der Waals surface area contributed by atoms with Crippen LogP contribution in [0.15, 0.2) is 27.8 Å². The van der Waals surface area contributed by atoms with Gasteiger partial charge in [-0.05, 0) is 24.1 Å². The highest BCUT2D eigenvalue weighted by atomic mass is 79.9. The van der Waals surface area contributed by atoms with E-state index in [-0.39, 0.29) is 6.10 Å².